The van der Waals surface area contributed by atoms with Crippen LogP contribution in [0.5, 0.6) is 0 Å². The Hall–Kier alpha value is -2.76. The molecule has 1 aromatic heterocycles. The highest BCUT2D eigenvalue weighted by Crippen LogP contribution is 2.31. The van der Waals surface area contributed by atoms with Gasteiger partial charge in [-0.15, -0.1) is 0 Å². The summed E-state index contributed by atoms with van der Waals surface area (Å²) in [5.74, 6) is 0.920. The summed E-state index contributed by atoms with van der Waals surface area (Å²) < 4.78 is 10.6. The molecule has 0 spiro atoms. The zero-order valence-electron chi connectivity index (χ0n) is 14.7. The van der Waals surface area contributed by atoms with Gasteiger partial charge in [0, 0.05) is 12.2 Å². The van der Waals surface area contributed by atoms with E-state index in [2.05, 4.69) is 5.32 Å². The lowest BCUT2D eigenvalue weighted by Gasteiger charge is -2.17. The van der Waals surface area contributed by atoms with E-state index in [1.165, 1.54) is 0 Å². The van der Waals surface area contributed by atoms with E-state index in [0.717, 1.165) is 23.4 Å². The zero-order valence-corrected chi connectivity index (χ0v) is 14.7. The fourth-order valence-corrected chi connectivity index (χ4v) is 2.94. The molecule has 0 saturated carbocycles. The topological polar surface area (TPSA) is 71.8 Å². The van der Waals surface area contributed by atoms with Crippen LogP contribution in [0.2, 0.25) is 0 Å². The number of amides is 2. The number of carbonyl (C=O) groups excluding carboxylic acids is 2. The van der Waals surface area contributed by atoms with Crippen molar-refractivity contribution in [3.05, 3.63) is 47.4 Å². The summed E-state index contributed by atoms with van der Waals surface area (Å²) in [7, 11) is 0. The van der Waals surface area contributed by atoms with E-state index < -0.39 is 0 Å². The Morgan fingerprint density at radius 3 is 2.80 bits per heavy atom. The molecule has 0 saturated heterocycles. The Balaban J connectivity index is 1.71. The number of aryl methyl sites for hydroxylation is 1. The van der Waals surface area contributed by atoms with Gasteiger partial charge in [0.1, 0.15) is 11.5 Å². The second-order valence-electron chi connectivity index (χ2n) is 6.10. The van der Waals surface area contributed by atoms with E-state index in [0.29, 0.717) is 24.6 Å². The van der Waals surface area contributed by atoms with Crippen molar-refractivity contribution >= 4 is 23.4 Å². The normalized spacial score (nSPS) is 14.1. The molecule has 1 N–H and O–H groups in total. The number of furan rings is 1. The molecule has 1 aromatic carbocycles. The second-order valence-corrected chi connectivity index (χ2v) is 6.10. The van der Waals surface area contributed by atoms with Crippen LogP contribution in [0.1, 0.15) is 36.8 Å². The minimum absolute atomic E-state index is 0.130. The number of ether oxygens (including phenoxy) is 1. The van der Waals surface area contributed by atoms with Crippen molar-refractivity contribution in [3.8, 4) is 0 Å². The summed E-state index contributed by atoms with van der Waals surface area (Å²) in [5.41, 5.74) is 2.57. The number of rotatable bonds is 4. The molecule has 2 aromatic rings. The first-order valence-electron chi connectivity index (χ1n) is 8.44. The van der Waals surface area contributed by atoms with Gasteiger partial charge in [0.05, 0.1) is 18.2 Å². The number of anilines is 2. The molecule has 0 fully saturated rings. The van der Waals surface area contributed by atoms with Gasteiger partial charge in [0.2, 0.25) is 5.91 Å². The molecule has 6 nitrogen and oxygen atoms in total. The smallest absolute Gasteiger partial charge is 0.414 e. The van der Waals surface area contributed by atoms with Gasteiger partial charge in [-0.05, 0) is 63.1 Å². The van der Waals surface area contributed by atoms with Crippen LogP contribution in [-0.4, -0.2) is 25.2 Å². The van der Waals surface area contributed by atoms with Gasteiger partial charge in [-0.25, -0.2) is 4.79 Å². The third kappa shape index (κ3) is 3.52. The molecule has 2 heterocycles. The van der Waals surface area contributed by atoms with Gasteiger partial charge < -0.3 is 14.5 Å². The Morgan fingerprint density at radius 1 is 1.32 bits per heavy atom. The number of nitrogens with one attached hydrogen (secondary N) is 1. The van der Waals surface area contributed by atoms with Crippen molar-refractivity contribution in [2.45, 2.75) is 33.1 Å². The molecule has 0 unspecified atom stereocenters. The predicted molar refractivity (Wildman–Crippen MR) is 95.0 cm³/mol. The van der Waals surface area contributed by atoms with E-state index >= 15 is 0 Å². The second kappa shape index (κ2) is 7.01. The Morgan fingerprint density at radius 2 is 2.12 bits per heavy atom. The number of carbonyl (C=O) groups is 2. The quantitative estimate of drug-likeness (QED) is 0.916. The molecule has 3 rings (SSSR count). The third-order valence-corrected chi connectivity index (χ3v) is 4.31. The maximum absolute atomic E-state index is 12.4. The SMILES string of the molecule is CCOC(=O)N1CCc2cc(NC(=O)[C@H](C)c3ccc(C)o3)ccc21. The highest BCUT2D eigenvalue weighted by atomic mass is 16.6. The monoisotopic (exact) mass is 342 g/mol. The first-order chi connectivity index (χ1) is 12.0. The Labute approximate surface area is 146 Å². The van der Waals surface area contributed by atoms with E-state index in [4.69, 9.17) is 9.15 Å². The Kier molecular flexibility index (Phi) is 4.79. The van der Waals surface area contributed by atoms with Crippen LogP contribution in [0, 0.1) is 6.92 Å². The minimum atomic E-state index is -0.377. The van der Waals surface area contributed by atoms with Crippen LogP contribution in [0.15, 0.2) is 34.7 Å². The minimum Gasteiger partial charge on any atom is -0.466 e. The number of benzene rings is 1. The van der Waals surface area contributed by atoms with Gasteiger partial charge in [-0.2, -0.15) is 0 Å². The van der Waals surface area contributed by atoms with E-state index in [1.807, 2.05) is 38.1 Å². The van der Waals surface area contributed by atoms with Crippen molar-refractivity contribution in [1.82, 2.24) is 0 Å². The lowest BCUT2D eigenvalue weighted by molar-refractivity contribution is -0.117. The third-order valence-electron chi connectivity index (χ3n) is 4.31. The summed E-state index contributed by atoms with van der Waals surface area (Å²) >= 11 is 0. The van der Waals surface area contributed by atoms with E-state index in [9.17, 15) is 9.59 Å². The predicted octanol–water partition coefficient (Wildman–Crippen LogP) is 3.85. The van der Waals surface area contributed by atoms with Crippen LogP contribution in [0.25, 0.3) is 0 Å². The first-order valence-corrected chi connectivity index (χ1v) is 8.44. The lowest BCUT2D eigenvalue weighted by Crippen LogP contribution is -2.29. The van der Waals surface area contributed by atoms with Gasteiger partial charge in [-0.3, -0.25) is 9.69 Å². The van der Waals surface area contributed by atoms with Crippen LogP contribution in [-0.2, 0) is 16.0 Å². The summed E-state index contributed by atoms with van der Waals surface area (Å²) in [5, 5.41) is 2.91. The molecule has 6 heteroatoms. The van der Waals surface area contributed by atoms with Crippen LogP contribution in [0.3, 0.4) is 0 Å². The molecular weight excluding hydrogens is 320 g/mol. The maximum Gasteiger partial charge on any atom is 0.414 e. The summed E-state index contributed by atoms with van der Waals surface area (Å²) in [6.45, 7) is 6.39. The molecule has 2 amide bonds. The van der Waals surface area contributed by atoms with E-state index in [-0.39, 0.29) is 17.9 Å². The average Bonchev–Trinajstić information content (AvgIpc) is 3.20. The number of hydrogen-bond donors (Lipinski definition) is 1. The fourth-order valence-electron chi connectivity index (χ4n) is 2.94. The van der Waals surface area contributed by atoms with Gasteiger partial charge in [0.25, 0.3) is 0 Å². The van der Waals surface area contributed by atoms with Crippen LogP contribution >= 0.6 is 0 Å². The molecule has 1 aliphatic heterocycles. The number of nitrogens with zero attached hydrogens (tertiary/aromatic N) is 1. The zero-order chi connectivity index (χ0) is 18.0. The van der Waals surface area contributed by atoms with Gasteiger partial charge in [-0.1, -0.05) is 0 Å². The molecule has 0 radical (unpaired) electrons. The maximum atomic E-state index is 12.4. The molecule has 25 heavy (non-hydrogen) atoms. The molecular formula is C19H22N2O4. The molecule has 1 aliphatic rings. The standard InChI is InChI=1S/C19H22N2O4/c1-4-24-19(23)21-10-9-14-11-15(6-7-16(14)21)20-18(22)13(3)17-8-5-12(2)25-17/h5-8,11,13H,4,9-10H2,1-3H3,(H,20,22)/t13-/m1/s1. The lowest BCUT2D eigenvalue weighted by atomic mass is 10.1. The van der Waals surface area contributed by atoms with Gasteiger partial charge in [0.15, 0.2) is 0 Å². The summed E-state index contributed by atoms with van der Waals surface area (Å²) in [6, 6.07) is 9.22. The Bertz CT molecular complexity index is 796. The molecule has 132 valence electrons. The van der Waals surface area contributed by atoms with Crippen LogP contribution in [0.4, 0.5) is 16.2 Å². The van der Waals surface area contributed by atoms with Crippen molar-refractivity contribution in [3.63, 3.8) is 0 Å². The van der Waals surface area contributed by atoms with Crippen molar-refractivity contribution in [2.24, 2.45) is 0 Å². The van der Waals surface area contributed by atoms with Gasteiger partial charge >= 0.3 is 6.09 Å². The van der Waals surface area contributed by atoms with Crippen molar-refractivity contribution in [2.75, 3.05) is 23.4 Å². The fraction of sp³-hybridized carbons (Fsp3) is 0.368. The largest absolute Gasteiger partial charge is 0.466 e. The number of fused-ring (bicyclic) bond motifs is 1. The van der Waals surface area contributed by atoms with Crippen molar-refractivity contribution in [1.29, 1.82) is 0 Å². The highest BCUT2D eigenvalue weighted by Gasteiger charge is 2.26. The highest BCUT2D eigenvalue weighted by molar-refractivity contribution is 5.96. The summed E-state index contributed by atoms with van der Waals surface area (Å²) in [6.07, 6.45) is 0.407. The van der Waals surface area contributed by atoms with E-state index in [1.54, 1.807) is 17.9 Å². The molecule has 0 aliphatic carbocycles. The average molecular weight is 342 g/mol. The van der Waals surface area contributed by atoms with Crippen molar-refractivity contribution < 1.29 is 18.7 Å². The first kappa shape index (κ1) is 17.1. The molecule has 0 bridgehead atoms. The van der Waals surface area contributed by atoms with Crippen LogP contribution < -0.4 is 10.2 Å². The number of hydrogen-bond acceptors (Lipinski definition) is 4. The summed E-state index contributed by atoms with van der Waals surface area (Å²) in [4.78, 5) is 26.0. The molecule has 1 atom stereocenters.